The van der Waals surface area contributed by atoms with E-state index in [-0.39, 0.29) is 17.9 Å². The predicted octanol–water partition coefficient (Wildman–Crippen LogP) is 4.08. The molecule has 0 N–H and O–H groups in total. The highest BCUT2D eigenvalue weighted by Crippen LogP contribution is 2.32. The lowest BCUT2D eigenvalue weighted by Crippen LogP contribution is -2.43. The first-order valence-corrected chi connectivity index (χ1v) is 9.33. The van der Waals surface area contributed by atoms with Gasteiger partial charge < -0.3 is 9.80 Å². The van der Waals surface area contributed by atoms with Crippen LogP contribution in [0.5, 0.6) is 0 Å². The van der Waals surface area contributed by atoms with Crippen LogP contribution >= 0.6 is 15.9 Å². The Morgan fingerprint density at radius 2 is 2.00 bits per heavy atom. The van der Waals surface area contributed by atoms with Crippen molar-refractivity contribution in [3.8, 4) is 0 Å². The van der Waals surface area contributed by atoms with Crippen LogP contribution in [0.1, 0.15) is 26.7 Å². The van der Waals surface area contributed by atoms with Gasteiger partial charge in [0.25, 0.3) is 0 Å². The summed E-state index contributed by atoms with van der Waals surface area (Å²) >= 11 is 3.58. The quantitative estimate of drug-likeness (QED) is 0.793. The highest BCUT2D eigenvalue weighted by Gasteiger charge is 2.28. The smallest absolute Gasteiger partial charge is 0.225 e. The van der Waals surface area contributed by atoms with Gasteiger partial charge in [0.2, 0.25) is 5.91 Å². The van der Waals surface area contributed by atoms with E-state index in [2.05, 4.69) is 51.8 Å². The number of piperidine rings is 1. The first-order valence-electron chi connectivity index (χ1n) is 8.54. The Hall–Kier alpha value is -1.62. The summed E-state index contributed by atoms with van der Waals surface area (Å²) in [6.45, 7) is 5.95. The Kier molecular flexibility index (Phi) is 5.09. The van der Waals surface area contributed by atoms with Gasteiger partial charge >= 0.3 is 0 Å². The molecule has 3 rings (SSSR count). The number of hydrogen-bond acceptors (Lipinski definition) is 3. The molecule has 0 saturated carbocycles. The molecule has 1 aliphatic heterocycles. The van der Waals surface area contributed by atoms with Crippen molar-refractivity contribution < 1.29 is 4.79 Å². The lowest BCUT2D eigenvalue weighted by Gasteiger charge is -2.35. The fourth-order valence-corrected chi connectivity index (χ4v) is 3.78. The predicted molar refractivity (Wildman–Crippen MR) is 102 cm³/mol. The van der Waals surface area contributed by atoms with E-state index >= 15 is 0 Å². The number of rotatable bonds is 3. The third-order valence-electron chi connectivity index (χ3n) is 5.01. The molecule has 24 heavy (non-hydrogen) atoms. The zero-order chi connectivity index (χ0) is 17.3. The molecule has 0 radical (unpaired) electrons. The van der Waals surface area contributed by atoms with E-state index in [1.54, 1.807) is 0 Å². The van der Waals surface area contributed by atoms with Gasteiger partial charge in [-0.05, 0) is 54.8 Å². The van der Waals surface area contributed by atoms with Gasteiger partial charge in [0.05, 0.1) is 5.52 Å². The number of nitrogens with zero attached hydrogens (tertiary/aromatic N) is 3. The summed E-state index contributed by atoms with van der Waals surface area (Å²) in [7, 11) is 1.91. The number of carbonyl (C=O) groups is 1. The molecule has 1 aliphatic rings. The van der Waals surface area contributed by atoms with Gasteiger partial charge in [-0.2, -0.15) is 0 Å². The number of aromatic nitrogens is 1. The summed E-state index contributed by atoms with van der Waals surface area (Å²) in [5.74, 6) is 0.431. The SMILES string of the molecule is CC(C)N(C)C(=O)C1CCN(c2ccnc3c(Br)cccc23)CC1. The standard InChI is InChI=1S/C19H24BrN3O/c1-13(2)22(3)19(24)14-8-11-23(12-9-14)17-7-10-21-18-15(17)5-4-6-16(18)20/h4-7,10,13-14H,8-9,11-12H2,1-3H3. The summed E-state index contributed by atoms with van der Waals surface area (Å²) in [6.07, 6.45) is 3.69. The van der Waals surface area contributed by atoms with Crippen LogP contribution < -0.4 is 4.90 Å². The zero-order valence-electron chi connectivity index (χ0n) is 14.5. The number of benzene rings is 1. The first kappa shape index (κ1) is 17.2. The Morgan fingerprint density at radius 1 is 1.29 bits per heavy atom. The van der Waals surface area contributed by atoms with Crippen molar-refractivity contribution in [2.45, 2.75) is 32.7 Å². The molecular formula is C19H24BrN3O. The van der Waals surface area contributed by atoms with Crippen LogP contribution in [0.25, 0.3) is 10.9 Å². The van der Waals surface area contributed by atoms with Gasteiger partial charge in [0, 0.05) is 53.8 Å². The van der Waals surface area contributed by atoms with E-state index in [1.165, 1.54) is 5.69 Å². The second-order valence-corrected chi connectivity index (χ2v) is 7.62. The molecule has 5 heteroatoms. The largest absolute Gasteiger partial charge is 0.371 e. The second-order valence-electron chi connectivity index (χ2n) is 6.77. The molecular weight excluding hydrogens is 366 g/mol. The van der Waals surface area contributed by atoms with Crippen molar-refractivity contribution in [2.24, 2.45) is 5.92 Å². The molecule has 128 valence electrons. The molecule has 1 aromatic carbocycles. The number of fused-ring (bicyclic) bond motifs is 1. The summed E-state index contributed by atoms with van der Waals surface area (Å²) in [5.41, 5.74) is 2.21. The number of amides is 1. The van der Waals surface area contributed by atoms with Crippen molar-refractivity contribution in [2.75, 3.05) is 25.0 Å². The maximum atomic E-state index is 12.5. The van der Waals surface area contributed by atoms with E-state index in [0.29, 0.717) is 0 Å². The van der Waals surface area contributed by atoms with Crippen molar-refractivity contribution in [3.05, 3.63) is 34.9 Å². The molecule has 1 amide bonds. The molecule has 0 atom stereocenters. The van der Waals surface area contributed by atoms with E-state index in [9.17, 15) is 4.79 Å². The minimum absolute atomic E-state index is 0.147. The van der Waals surface area contributed by atoms with Crippen molar-refractivity contribution in [1.29, 1.82) is 0 Å². The maximum absolute atomic E-state index is 12.5. The molecule has 0 aliphatic carbocycles. The molecule has 1 fully saturated rings. The summed E-state index contributed by atoms with van der Waals surface area (Å²) < 4.78 is 1.02. The number of hydrogen-bond donors (Lipinski definition) is 0. The molecule has 1 aromatic heterocycles. The van der Waals surface area contributed by atoms with Crippen LogP contribution in [0.3, 0.4) is 0 Å². The third kappa shape index (κ3) is 3.27. The van der Waals surface area contributed by atoms with Crippen LogP contribution in [0.2, 0.25) is 0 Å². The fraction of sp³-hybridized carbons (Fsp3) is 0.474. The zero-order valence-corrected chi connectivity index (χ0v) is 16.1. The van der Waals surface area contributed by atoms with E-state index < -0.39 is 0 Å². The van der Waals surface area contributed by atoms with Crippen LogP contribution in [0.4, 0.5) is 5.69 Å². The highest BCUT2D eigenvalue weighted by atomic mass is 79.9. The van der Waals surface area contributed by atoms with Gasteiger partial charge in [-0.25, -0.2) is 0 Å². The van der Waals surface area contributed by atoms with Crippen molar-refractivity contribution in [1.82, 2.24) is 9.88 Å². The summed E-state index contributed by atoms with van der Waals surface area (Å²) in [5, 5.41) is 1.16. The molecule has 0 spiro atoms. The number of pyridine rings is 1. The number of para-hydroxylation sites is 1. The second kappa shape index (κ2) is 7.09. The van der Waals surface area contributed by atoms with Crippen LogP contribution in [-0.4, -0.2) is 42.0 Å². The number of anilines is 1. The molecule has 2 aromatic rings. The van der Waals surface area contributed by atoms with E-state index in [1.807, 2.05) is 30.3 Å². The monoisotopic (exact) mass is 389 g/mol. The lowest BCUT2D eigenvalue weighted by atomic mass is 9.94. The molecule has 1 saturated heterocycles. The Morgan fingerprint density at radius 3 is 2.67 bits per heavy atom. The molecule has 2 heterocycles. The lowest BCUT2D eigenvalue weighted by molar-refractivity contribution is -0.136. The minimum Gasteiger partial charge on any atom is -0.371 e. The molecule has 4 nitrogen and oxygen atoms in total. The normalized spacial score (nSPS) is 16.0. The summed E-state index contributed by atoms with van der Waals surface area (Å²) in [4.78, 5) is 21.3. The minimum atomic E-state index is 0.147. The number of carbonyl (C=O) groups excluding carboxylic acids is 1. The van der Waals surface area contributed by atoms with Crippen molar-refractivity contribution in [3.63, 3.8) is 0 Å². The average Bonchev–Trinajstić information content (AvgIpc) is 2.60. The van der Waals surface area contributed by atoms with Gasteiger partial charge in [0.1, 0.15) is 0 Å². The van der Waals surface area contributed by atoms with Crippen LogP contribution in [0.15, 0.2) is 34.9 Å². The Bertz CT molecular complexity index is 738. The molecule has 0 bridgehead atoms. The van der Waals surface area contributed by atoms with Crippen LogP contribution in [-0.2, 0) is 4.79 Å². The third-order valence-corrected chi connectivity index (χ3v) is 5.65. The Labute approximate surface area is 152 Å². The topological polar surface area (TPSA) is 36.4 Å². The summed E-state index contributed by atoms with van der Waals surface area (Å²) in [6, 6.07) is 8.53. The fourth-order valence-electron chi connectivity index (χ4n) is 3.31. The van der Waals surface area contributed by atoms with Gasteiger partial charge in [-0.3, -0.25) is 9.78 Å². The first-order chi connectivity index (χ1) is 11.5. The van der Waals surface area contributed by atoms with Crippen LogP contribution in [0, 0.1) is 5.92 Å². The van der Waals surface area contributed by atoms with E-state index in [0.717, 1.165) is 41.3 Å². The van der Waals surface area contributed by atoms with E-state index in [4.69, 9.17) is 0 Å². The highest BCUT2D eigenvalue weighted by molar-refractivity contribution is 9.10. The van der Waals surface area contributed by atoms with Gasteiger partial charge in [-0.1, -0.05) is 12.1 Å². The van der Waals surface area contributed by atoms with Gasteiger partial charge in [-0.15, -0.1) is 0 Å². The number of halogens is 1. The molecule has 0 unspecified atom stereocenters. The van der Waals surface area contributed by atoms with Crippen molar-refractivity contribution >= 4 is 38.4 Å². The average molecular weight is 390 g/mol. The van der Waals surface area contributed by atoms with Gasteiger partial charge in [0.15, 0.2) is 0 Å². The Balaban J connectivity index is 1.76. The maximum Gasteiger partial charge on any atom is 0.225 e.